The summed E-state index contributed by atoms with van der Waals surface area (Å²) in [6, 6.07) is 27.1. The molecule has 68 heavy (non-hydrogen) atoms. The van der Waals surface area contributed by atoms with Gasteiger partial charge in [0.1, 0.15) is 82.5 Å². The normalized spacial score (nSPS) is 11.8. The fourth-order valence-corrected chi connectivity index (χ4v) is 7.48. The van der Waals surface area contributed by atoms with Crippen molar-refractivity contribution in [2.45, 2.75) is 25.9 Å². The number of nitrogens with one attached hydrogen (secondary N) is 2. The molecule has 20 heteroatoms. The summed E-state index contributed by atoms with van der Waals surface area (Å²) in [5.41, 5.74) is 18.8. The van der Waals surface area contributed by atoms with Crippen LogP contribution in [0, 0.1) is 34.3 Å². The van der Waals surface area contributed by atoms with E-state index in [0.717, 1.165) is 22.5 Å². The summed E-state index contributed by atoms with van der Waals surface area (Å²) in [4.78, 5) is 43.1. The largest absolute Gasteiger partial charge is 0.382 e. The summed E-state index contributed by atoms with van der Waals surface area (Å²) < 4.78 is 32.1. The topological polar surface area (TPSA) is 262 Å². The van der Waals surface area contributed by atoms with Gasteiger partial charge in [-0.05, 0) is 74.5 Å². The first kappa shape index (κ1) is 43.4. The van der Waals surface area contributed by atoms with Crippen molar-refractivity contribution in [2.75, 3.05) is 22.1 Å². The first-order chi connectivity index (χ1) is 33.1. The highest BCUT2D eigenvalue weighted by molar-refractivity contribution is 5.80. The van der Waals surface area contributed by atoms with E-state index in [1.165, 1.54) is 36.9 Å². The quantitative estimate of drug-likeness (QED) is 0.101. The summed E-state index contributed by atoms with van der Waals surface area (Å²) in [5, 5.41) is 25.3. The van der Waals surface area contributed by atoms with Crippen molar-refractivity contribution >= 4 is 45.3 Å². The maximum atomic E-state index is 14.2. The van der Waals surface area contributed by atoms with Crippen molar-refractivity contribution in [1.29, 1.82) is 10.5 Å². The number of aromatic nitrogens is 12. The molecule has 6 N–H and O–H groups in total. The van der Waals surface area contributed by atoms with E-state index in [1.807, 2.05) is 83.7 Å². The number of fused-ring (bicyclic) bond motifs is 2. The SMILES string of the molecule is C[C@@H](Nc1ncnc(N)c1C#N)c1nc2ccc(F)cc2n1-c1cncc(-c2ccccn2)c1.C[C@H](Nc1ncnc(N)c1C#N)c1nc2ccc(F)cc2n1-c1cncc(-c2ccccn2)c1. The average Bonchev–Trinajstić information content (AvgIpc) is 3.94. The molecule has 0 fully saturated rings. The number of rotatable bonds is 10. The molecular formula is C48H36F2N18. The second kappa shape index (κ2) is 18.7. The van der Waals surface area contributed by atoms with Crippen LogP contribution in [0.5, 0.6) is 0 Å². The maximum absolute atomic E-state index is 14.2. The second-order valence-corrected chi connectivity index (χ2v) is 15.1. The second-order valence-electron chi connectivity index (χ2n) is 15.1. The number of nitrogen functional groups attached to an aromatic ring is 2. The van der Waals surface area contributed by atoms with E-state index in [1.54, 1.807) is 49.3 Å². The van der Waals surface area contributed by atoms with Gasteiger partial charge < -0.3 is 22.1 Å². The van der Waals surface area contributed by atoms with Gasteiger partial charge >= 0.3 is 0 Å². The number of halogens is 2. The minimum atomic E-state index is -0.435. The number of nitrogens with zero attached hydrogens (tertiary/aromatic N) is 14. The predicted molar refractivity (Wildman–Crippen MR) is 251 cm³/mol. The Balaban J connectivity index is 0.000000170. The van der Waals surface area contributed by atoms with E-state index in [2.05, 4.69) is 50.5 Å². The Morgan fingerprint density at radius 2 is 1.00 bits per heavy atom. The zero-order chi connectivity index (χ0) is 47.3. The molecule has 0 aliphatic rings. The smallest absolute Gasteiger partial charge is 0.150 e. The molecule has 0 saturated carbocycles. The van der Waals surface area contributed by atoms with Gasteiger partial charge in [0.05, 0.1) is 69.3 Å². The summed E-state index contributed by atoms with van der Waals surface area (Å²) in [6.45, 7) is 3.73. The number of imidazole rings is 2. The Morgan fingerprint density at radius 3 is 1.40 bits per heavy atom. The molecule has 0 amide bonds. The van der Waals surface area contributed by atoms with E-state index in [4.69, 9.17) is 21.4 Å². The van der Waals surface area contributed by atoms with Gasteiger partial charge in [0.2, 0.25) is 0 Å². The van der Waals surface area contributed by atoms with Crippen LogP contribution in [-0.2, 0) is 0 Å². The predicted octanol–water partition coefficient (Wildman–Crippen LogP) is 8.08. The number of pyridine rings is 4. The molecular weight excluding hydrogens is 867 g/mol. The van der Waals surface area contributed by atoms with Crippen LogP contribution >= 0.6 is 0 Å². The molecule has 332 valence electrons. The molecule has 0 bridgehead atoms. The van der Waals surface area contributed by atoms with Crippen LogP contribution in [0.25, 0.3) is 56.0 Å². The zero-order valence-electron chi connectivity index (χ0n) is 36.0. The lowest BCUT2D eigenvalue weighted by atomic mass is 10.1. The average molecular weight is 903 g/mol. The molecule has 0 aliphatic carbocycles. The van der Waals surface area contributed by atoms with Crippen molar-refractivity contribution in [3.8, 4) is 46.0 Å². The molecule has 8 aromatic heterocycles. The molecule has 10 aromatic rings. The van der Waals surface area contributed by atoms with Crippen LogP contribution in [0.1, 0.15) is 48.7 Å². The monoisotopic (exact) mass is 902 g/mol. The summed E-state index contributed by atoms with van der Waals surface area (Å²) in [7, 11) is 0. The highest BCUT2D eigenvalue weighted by atomic mass is 19.1. The van der Waals surface area contributed by atoms with Crippen LogP contribution < -0.4 is 22.1 Å². The van der Waals surface area contributed by atoms with Crippen LogP contribution in [-0.4, -0.2) is 59.0 Å². The van der Waals surface area contributed by atoms with Gasteiger partial charge in [0.15, 0.2) is 0 Å². The molecule has 0 radical (unpaired) electrons. The van der Waals surface area contributed by atoms with Gasteiger partial charge in [-0.2, -0.15) is 10.5 Å². The van der Waals surface area contributed by atoms with E-state index < -0.39 is 12.1 Å². The maximum Gasteiger partial charge on any atom is 0.150 e. The van der Waals surface area contributed by atoms with Crippen LogP contribution in [0.3, 0.4) is 0 Å². The Kier molecular flexibility index (Phi) is 12.0. The van der Waals surface area contributed by atoms with E-state index in [9.17, 15) is 19.3 Å². The van der Waals surface area contributed by atoms with Gasteiger partial charge in [-0.15, -0.1) is 0 Å². The Hall–Kier alpha value is -9.82. The number of benzene rings is 2. The standard InChI is InChI=1S/2C24H18FN9/c2*1-14(32-23-18(10-26)22(27)30-13-31-23)24-33-20-6-5-16(25)9-21(20)34(24)17-8-15(11-28-12-17)19-4-2-3-7-29-19/h2*2-9,11-14H,1H3,(H3,27,30,31,32)/t2*14-/m10/s1. The third-order valence-corrected chi connectivity index (χ3v) is 10.6. The molecule has 8 heterocycles. The summed E-state index contributed by atoms with van der Waals surface area (Å²) in [6.07, 6.45) is 12.8. The molecule has 10 rings (SSSR count). The van der Waals surface area contributed by atoms with Crippen molar-refractivity contribution in [1.82, 2.24) is 59.0 Å². The number of nitrogens with two attached hydrogens (primary N) is 2. The molecule has 18 nitrogen and oxygen atoms in total. The van der Waals surface area contributed by atoms with Crippen molar-refractivity contribution in [2.24, 2.45) is 0 Å². The first-order valence-corrected chi connectivity index (χ1v) is 20.7. The third-order valence-electron chi connectivity index (χ3n) is 10.6. The van der Waals surface area contributed by atoms with E-state index in [0.29, 0.717) is 45.1 Å². The molecule has 2 aromatic carbocycles. The molecule has 0 spiro atoms. The molecule has 0 unspecified atom stereocenters. The summed E-state index contributed by atoms with van der Waals surface area (Å²) in [5.74, 6) is 1.10. The Labute approximate surface area is 385 Å². The highest BCUT2D eigenvalue weighted by Crippen LogP contribution is 2.32. The fourth-order valence-electron chi connectivity index (χ4n) is 7.48. The Morgan fingerprint density at radius 1 is 0.559 bits per heavy atom. The van der Waals surface area contributed by atoms with Crippen LogP contribution in [0.4, 0.5) is 32.1 Å². The van der Waals surface area contributed by atoms with Gasteiger partial charge in [0, 0.05) is 48.0 Å². The minimum absolute atomic E-state index is 0.0787. The minimum Gasteiger partial charge on any atom is -0.382 e. The van der Waals surface area contributed by atoms with E-state index >= 15 is 0 Å². The lowest BCUT2D eigenvalue weighted by molar-refractivity contribution is 0.628. The lowest BCUT2D eigenvalue weighted by Crippen LogP contribution is -2.15. The van der Waals surface area contributed by atoms with Gasteiger partial charge in [0.25, 0.3) is 0 Å². The molecule has 0 saturated heterocycles. The molecule has 0 aliphatic heterocycles. The van der Waals surface area contributed by atoms with Gasteiger partial charge in [-0.1, -0.05) is 12.1 Å². The van der Waals surface area contributed by atoms with Gasteiger partial charge in [-0.3, -0.25) is 29.1 Å². The fraction of sp³-hybridized carbons (Fsp3) is 0.0833. The van der Waals surface area contributed by atoms with Crippen LogP contribution in [0.2, 0.25) is 0 Å². The number of hydrogen-bond donors (Lipinski definition) is 4. The van der Waals surface area contributed by atoms with Gasteiger partial charge in [-0.25, -0.2) is 38.7 Å². The van der Waals surface area contributed by atoms with Crippen LogP contribution in [0.15, 0.2) is 135 Å². The summed E-state index contributed by atoms with van der Waals surface area (Å²) >= 11 is 0. The van der Waals surface area contributed by atoms with E-state index in [-0.39, 0.29) is 46.0 Å². The Bertz CT molecular complexity index is 3310. The number of anilines is 4. The first-order valence-electron chi connectivity index (χ1n) is 20.7. The van der Waals surface area contributed by atoms with Crippen molar-refractivity contribution in [3.05, 3.63) is 169 Å². The highest BCUT2D eigenvalue weighted by Gasteiger charge is 2.23. The lowest BCUT2D eigenvalue weighted by Gasteiger charge is -2.18. The number of hydrogen-bond acceptors (Lipinski definition) is 16. The number of nitriles is 2. The van der Waals surface area contributed by atoms with Crippen molar-refractivity contribution in [3.63, 3.8) is 0 Å². The van der Waals surface area contributed by atoms with Crippen molar-refractivity contribution < 1.29 is 8.78 Å². The third kappa shape index (κ3) is 8.71. The zero-order valence-corrected chi connectivity index (χ0v) is 36.0. The molecule has 2 atom stereocenters.